The number of halogens is 5. The minimum absolute atomic E-state index is 0.0190. The summed E-state index contributed by atoms with van der Waals surface area (Å²) in [4.78, 5) is 22.9. The summed E-state index contributed by atoms with van der Waals surface area (Å²) in [6.07, 6.45) is -4.66. The first-order valence-electron chi connectivity index (χ1n) is 5.13. The molecule has 20 heavy (non-hydrogen) atoms. The molecule has 0 saturated heterocycles. The normalized spacial score (nSPS) is 11.2. The Labute approximate surface area is 134 Å². The molecule has 0 atom stereocenters. The van der Waals surface area contributed by atoms with E-state index in [1.165, 1.54) is 6.07 Å². The fraction of sp³-hybridized carbons (Fsp3) is 0.273. The van der Waals surface area contributed by atoms with E-state index in [0.29, 0.717) is 8.04 Å². The maximum Gasteiger partial charge on any atom is 0.406 e. The molecular formula is C11H8BrF3INO3. The van der Waals surface area contributed by atoms with Gasteiger partial charge in [-0.3, -0.25) is 9.59 Å². The lowest BCUT2D eigenvalue weighted by molar-refractivity contribution is -0.149. The minimum atomic E-state index is -4.66. The quantitative estimate of drug-likeness (QED) is 0.695. The van der Waals surface area contributed by atoms with E-state index in [1.54, 1.807) is 34.7 Å². The summed E-state index contributed by atoms with van der Waals surface area (Å²) in [6, 6.07) is 4.53. The Morgan fingerprint density at radius 3 is 2.45 bits per heavy atom. The van der Waals surface area contributed by atoms with Gasteiger partial charge in [-0.2, -0.15) is 13.2 Å². The molecule has 1 rings (SSSR count). The van der Waals surface area contributed by atoms with Gasteiger partial charge < -0.3 is 10.0 Å². The monoisotopic (exact) mass is 465 g/mol. The van der Waals surface area contributed by atoms with Crippen molar-refractivity contribution in [1.82, 2.24) is 4.90 Å². The zero-order valence-electron chi connectivity index (χ0n) is 9.75. The molecule has 0 fully saturated rings. The molecule has 1 aromatic carbocycles. The van der Waals surface area contributed by atoms with Crippen LogP contribution in [-0.4, -0.2) is 41.1 Å². The summed E-state index contributed by atoms with van der Waals surface area (Å²) < 4.78 is 38.2. The molecule has 0 heterocycles. The van der Waals surface area contributed by atoms with Crippen molar-refractivity contribution in [1.29, 1.82) is 0 Å². The summed E-state index contributed by atoms with van der Waals surface area (Å²) in [6.45, 7) is -2.62. The Bertz CT molecular complexity index is 536. The molecule has 0 spiro atoms. The first-order chi connectivity index (χ1) is 9.10. The zero-order chi connectivity index (χ0) is 15.5. The van der Waals surface area contributed by atoms with Gasteiger partial charge in [0.25, 0.3) is 5.91 Å². The highest BCUT2D eigenvalue weighted by atomic mass is 127. The Morgan fingerprint density at radius 2 is 1.95 bits per heavy atom. The molecule has 1 N–H and O–H groups in total. The molecule has 1 amide bonds. The molecule has 9 heteroatoms. The molecule has 1 aromatic rings. The van der Waals surface area contributed by atoms with Crippen LogP contribution in [0.25, 0.3) is 0 Å². The van der Waals surface area contributed by atoms with Crippen molar-refractivity contribution in [2.45, 2.75) is 6.18 Å². The van der Waals surface area contributed by atoms with Crippen LogP contribution in [0.3, 0.4) is 0 Å². The van der Waals surface area contributed by atoms with Crippen LogP contribution in [0.2, 0.25) is 0 Å². The third kappa shape index (κ3) is 5.27. The van der Waals surface area contributed by atoms with Gasteiger partial charge >= 0.3 is 12.1 Å². The van der Waals surface area contributed by atoms with E-state index in [0.717, 1.165) is 0 Å². The summed E-state index contributed by atoms with van der Waals surface area (Å²) in [5, 5.41) is 8.63. The lowest BCUT2D eigenvalue weighted by Gasteiger charge is -2.22. The van der Waals surface area contributed by atoms with Gasteiger partial charge in [-0.1, -0.05) is 15.9 Å². The standard InChI is InChI=1S/C11H8BrF3INO3/c12-6-1-2-8(16)7(3-6)10(20)17(4-9(18)19)5-11(13,14)15/h1-3H,4-5H2,(H,18,19). The van der Waals surface area contributed by atoms with Crippen molar-refractivity contribution in [3.63, 3.8) is 0 Å². The number of carbonyl (C=O) groups excluding carboxylic acids is 1. The van der Waals surface area contributed by atoms with E-state index in [9.17, 15) is 22.8 Å². The van der Waals surface area contributed by atoms with Crippen molar-refractivity contribution in [2.75, 3.05) is 13.1 Å². The van der Waals surface area contributed by atoms with E-state index in [2.05, 4.69) is 15.9 Å². The first kappa shape index (κ1) is 17.2. The number of aliphatic carboxylic acids is 1. The van der Waals surface area contributed by atoms with Gasteiger partial charge in [0.15, 0.2) is 0 Å². The van der Waals surface area contributed by atoms with Gasteiger partial charge in [0.1, 0.15) is 13.1 Å². The lowest BCUT2D eigenvalue weighted by atomic mass is 10.2. The highest BCUT2D eigenvalue weighted by Gasteiger charge is 2.34. The van der Waals surface area contributed by atoms with Crippen LogP contribution in [0.1, 0.15) is 10.4 Å². The average Bonchev–Trinajstić information content (AvgIpc) is 2.28. The van der Waals surface area contributed by atoms with Gasteiger partial charge in [0.05, 0.1) is 5.56 Å². The second-order valence-electron chi connectivity index (χ2n) is 3.79. The second kappa shape index (κ2) is 6.74. The summed E-state index contributed by atoms with van der Waals surface area (Å²) in [7, 11) is 0. The van der Waals surface area contributed by atoms with Crippen molar-refractivity contribution in [3.05, 3.63) is 31.8 Å². The van der Waals surface area contributed by atoms with Crippen LogP contribution < -0.4 is 0 Å². The molecule has 0 aromatic heterocycles. The largest absolute Gasteiger partial charge is 0.480 e. The van der Waals surface area contributed by atoms with Crippen LogP contribution in [0.4, 0.5) is 13.2 Å². The molecule has 4 nitrogen and oxygen atoms in total. The Kier molecular flexibility index (Phi) is 5.80. The number of alkyl halides is 3. The molecule has 0 saturated carbocycles. The topological polar surface area (TPSA) is 57.6 Å². The number of amides is 1. The Morgan fingerprint density at radius 1 is 1.35 bits per heavy atom. The van der Waals surface area contributed by atoms with Gasteiger partial charge in [-0.05, 0) is 40.8 Å². The van der Waals surface area contributed by atoms with Crippen LogP contribution in [0.5, 0.6) is 0 Å². The van der Waals surface area contributed by atoms with Crippen molar-refractivity contribution in [2.24, 2.45) is 0 Å². The third-order valence-corrected chi connectivity index (χ3v) is 3.58. The highest BCUT2D eigenvalue weighted by Crippen LogP contribution is 2.22. The third-order valence-electron chi connectivity index (χ3n) is 2.14. The number of carbonyl (C=O) groups is 2. The van der Waals surface area contributed by atoms with E-state index < -0.39 is 31.1 Å². The predicted molar refractivity (Wildman–Crippen MR) is 76.5 cm³/mol. The maximum atomic E-state index is 12.4. The number of benzene rings is 1. The molecule has 0 unspecified atom stereocenters. The van der Waals surface area contributed by atoms with Gasteiger partial charge in [0.2, 0.25) is 0 Å². The lowest BCUT2D eigenvalue weighted by Crippen LogP contribution is -2.42. The SMILES string of the molecule is O=C(O)CN(CC(F)(F)F)C(=O)c1cc(Br)ccc1I. The number of hydrogen-bond acceptors (Lipinski definition) is 2. The van der Waals surface area contributed by atoms with Gasteiger partial charge in [0, 0.05) is 8.04 Å². The second-order valence-corrected chi connectivity index (χ2v) is 5.87. The summed E-state index contributed by atoms with van der Waals surface area (Å²) in [5.74, 6) is -2.48. The fourth-order valence-corrected chi connectivity index (χ4v) is 2.34. The first-order valence-corrected chi connectivity index (χ1v) is 7.00. The van der Waals surface area contributed by atoms with E-state index in [-0.39, 0.29) is 10.5 Å². The minimum Gasteiger partial charge on any atom is -0.480 e. The molecule has 0 aliphatic heterocycles. The van der Waals surface area contributed by atoms with E-state index >= 15 is 0 Å². The van der Waals surface area contributed by atoms with E-state index in [1.807, 2.05) is 0 Å². The number of carboxylic acids is 1. The zero-order valence-corrected chi connectivity index (χ0v) is 13.5. The van der Waals surface area contributed by atoms with Crippen LogP contribution in [-0.2, 0) is 4.79 Å². The number of hydrogen-bond donors (Lipinski definition) is 1. The van der Waals surface area contributed by atoms with Crippen molar-refractivity contribution < 1.29 is 27.9 Å². The molecule has 0 aliphatic rings. The van der Waals surface area contributed by atoms with E-state index in [4.69, 9.17) is 5.11 Å². The Balaban J connectivity index is 3.09. The molecule has 0 radical (unpaired) electrons. The number of rotatable bonds is 4. The Hall–Kier alpha value is -0.840. The summed E-state index contributed by atoms with van der Waals surface area (Å²) in [5.41, 5.74) is 0.0190. The number of nitrogens with zero attached hydrogens (tertiary/aromatic N) is 1. The summed E-state index contributed by atoms with van der Waals surface area (Å²) >= 11 is 4.91. The average molecular weight is 466 g/mol. The van der Waals surface area contributed by atoms with Crippen LogP contribution in [0.15, 0.2) is 22.7 Å². The highest BCUT2D eigenvalue weighted by molar-refractivity contribution is 14.1. The number of carboxylic acid groups (broad SMARTS) is 1. The maximum absolute atomic E-state index is 12.4. The van der Waals surface area contributed by atoms with Gasteiger partial charge in [-0.15, -0.1) is 0 Å². The van der Waals surface area contributed by atoms with Crippen molar-refractivity contribution >= 4 is 50.4 Å². The fourth-order valence-electron chi connectivity index (χ4n) is 1.41. The molecule has 0 bridgehead atoms. The smallest absolute Gasteiger partial charge is 0.406 e. The molecule has 0 aliphatic carbocycles. The van der Waals surface area contributed by atoms with Gasteiger partial charge in [-0.25, -0.2) is 0 Å². The molecular weight excluding hydrogens is 458 g/mol. The van der Waals surface area contributed by atoms with Crippen LogP contribution >= 0.6 is 38.5 Å². The molecule has 110 valence electrons. The predicted octanol–water partition coefficient (Wildman–Crippen LogP) is 3.14. The van der Waals surface area contributed by atoms with Crippen molar-refractivity contribution in [3.8, 4) is 0 Å². The van der Waals surface area contributed by atoms with Crippen LogP contribution in [0, 0.1) is 3.57 Å².